The highest BCUT2D eigenvalue weighted by Crippen LogP contribution is 2.23. The first kappa shape index (κ1) is 12.3. The minimum absolute atomic E-state index is 0.0986. The van der Waals surface area contributed by atoms with Crippen LogP contribution in [0.4, 0.5) is 0 Å². The van der Waals surface area contributed by atoms with Crippen LogP contribution in [-0.4, -0.2) is 5.78 Å². The molecule has 1 heterocycles. The fourth-order valence-corrected chi connectivity index (χ4v) is 3.01. The molecule has 2 nitrogen and oxygen atoms in total. The van der Waals surface area contributed by atoms with Crippen molar-refractivity contribution in [1.82, 2.24) is 5.32 Å². The smallest absolute Gasteiger partial charge is 0.193 e. The van der Waals surface area contributed by atoms with Crippen molar-refractivity contribution >= 4 is 16.6 Å². The summed E-state index contributed by atoms with van der Waals surface area (Å²) in [6.07, 6.45) is 0. The Labute approximate surface area is 123 Å². The Bertz CT molecular complexity index is 846. The van der Waals surface area contributed by atoms with E-state index in [1.54, 1.807) is 0 Å². The monoisotopic (exact) mass is 273 g/mol. The molecule has 2 heteroatoms. The van der Waals surface area contributed by atoms with Gasteiger partial charge in [-0.05, 0) is 28.0 Å². The van der Waals surface area contributed by atoms with Crippen molar-refractivity contribution in [2.24, 2.45) is 0 Å². The van der Waals surface area contributed by atoms with Crippen molar-refractivity contribution in [3.63, 3.8) is 0 Å². The van der Waals surface area contributed by atoms with E-state index < -0.39 is 0 Å². The molecule has 0 amide bonds. The molecule has 3 aromatic rings. The van der Waals surface area contributed by atoms with Crippen LogP contribution in [0.25, 0.3) is 10.8 Å². The fraction of sp³-hybridized carbons (Fsp3) is 0.105. The van der Waals surface area contributed by atoms with E-state index in [1.807, 2.05) is 54.6 Å². The number of hydrogen-bond acceptors (Lipinski definition) is 2. The van der Waals surface area contributed by atoms with Gasteiger partial charge < -0.3 is 5.32 Å². The highest BCUT2D eigenvalue weighted by molar-refractivity contribution is 6.16. The third-order valence-electron chi connectivity index (χ3n) is 4.13. The lowest BCUT2D eigenvalue weighted by Gasteiger charge is -2.07. The number of fused-ring (bicyclic) bond motifs is 2. The molecule has 0 spiro atoms. The molecule has 0 saturated carbocycles. The van der Waals surface area contributed by atoms with Gasteiger partial charge in [0.05, 0.1) is 0 Å². The molecule has 102 valence electrons. The lowest BCUT2D eigenvalue weighted by Crippen LogP contribution is -2.03. The summed E-state index contributed by atoms with van der Waals surface area (Å²) < 4.78 is 0. The summed E-state index contributed by atoms with van der Waals surface area (Å²) in [7, 11) is 0. The fourth-order valence-electron chi connectivity index (χ4n) is 3.01. The summed E-state index contributed by atoms with van der Waals surface area (Å²) in [5.74, 6) is 0.0986. The number of nitrogens with one attached hydrogen (secondary N) is 1. The Morgan fingerprint density at radius 3 is 2.62 bits per heavy atom. The first-order valence-electron chi connectivity index (χ1n) is 7.18. The standard InChI is InChI=1S/C19H15NO/c21-19(14-8-9-15-11-20-12-16(15)10-14)18-7-3-5-13-4-1-2-6-17(13)18/h1-10,20H,11-12H2. The van der Waals surface area contributed by atoms with E-state index in [4.69, 9.17) is 0 Å². The molecule has 0 atom stereocenters. The molecule has 0 unspecified atom stereocenters. The van der Waals surface area contributed by atoms with Crippen LogP contribution in [0, 0.1) is 0 Å². The number of hydrogen-bond donors (Lipinski definition) is 1. The summed E-state index contributed by atoms with van der Waals surface area (Å²) in [6, 6.07) is 20.0. The molecule has 0 bridgehead atoms. The van der Waals surface area contributed by atoms with Gasteiger partial charge in [-0.3, -0.25) is 4.79 Å². The Kier molecular flexibility index (Phi) is 2.83. The predicted octanol–water partition coefficient (Wildman–Crippen LogP) is 3.67. The first-order valence-corrected chi connectivity index (χ1v) is 7.18. The van der Waals surface area contributed by atoms with Gasteiger partial charge in [-0.1, -0.05) is 54.6 Å². The first-order chi connectivity index (χ1) is 10.3. The largest absolute Gasteiger partial charge is 0.309 e. The highest BCUT2D eigenvalue weighted by Gasteiger charge is 2.16. The zero-order chi connectivity index (χ0) is 14.2. The highest BCUT2D eigenvalue weighted by atomic mass is 16.1. The minimum Gasteiger partial charge on any atom is -0.309 e. The van der Waals surface area contributed by atoms with Crippen LogP contribution in [0.1, 0.15) is 27.0 Å². The van der Waals surface area contributed by atoms with E-state index in [0.717, 1.165) is 35.0 Å². The van der Waals surface area contributed by atoms with Gasteiger partial charge in [0.2, 0.25) is 0 Å². The Morgan fingerprint density at radius 1 is 0.857 bits per heavy atom. The van der Waals surface area contributed by atoms with Crippen molar-refractivity contribution in [3.05, 3.63) is 82.9 Å². The maximum atomic E-state index is 12.8. The Balaban J connectivity index is 1.83. The summed E-state index contributed by atoms with van der Waals surface area (Å²) in [6.45, 7) is 1.75. The molecule has 3 aromatic carbocycles. The molecule has 0 radical (unpaired) electrons. The third-order valence-corrected chi connectivity index (χ3v) is 4.13. The van der Waals surface area contributed by atoms with Crippen molar-refractivity contribution in [1.29, 1.82) is 0 Å². The normalized spacial score (nSPS) is 13.3. The second kappa shape index (κ2) is 4.83. The van der Waals surface area contributed by atoms with Crippen LogP contribution >= 0.6 is 0 Å². The summed E-state index contributed by atoms with van der Waals surface area (Å²) in [5, 5.41) is 5.43. The van der Waals surface area contributed by atoms with Crippen LogP contribution in [-0.2, 0) is 13.1 Å². The van der Waals surface area contributed by atoms with Crippen molar-refractivity contribution in [2.45, 2.75) is 13.1 Å². The Hall–Kier alpha value is -2.45. The predicted molar refractivity (Wildman–Crippen MR) is 84.4 cm³/mol. The maximum Gasteiger partial charge on any atom is 0.193 e. The van der Waals surface area contributed by atoms with Crippen LogP contribution in [0.3, 0.4) is 0 Å². The number of carbonyl (C=O) groups is 1. The molecule has 0 saturated heterocycles. The zero-order valence-corrected chi connectivity index (χ0v) is 11.6. The number of ketones is 1. The maximum absolute atomic E-state index is 12.8. The second-order valence-corrected chi connectivity index (χ2v) is 5.44. The summed E-state index contributed by atoms with van der Waals surface area (Å²) in [5.41, 5.74) is 4.08. The SMILES string of the molecule is O=C(c1ccc2c(c1)CNC2)c1cccc2ccccc12. The third kappa shape index (κ3) is 2.05. The van der Waals surface area contributed by atoms with Gasteiger partial charge in [0.1, 0.15) is 0 Å². The van der Waals surface area contributed by atoms with Gasteiger partial charge in [-0.15, -0.1) is 0 Å². The average molecular weight is 273 g/mol. The summed E-state index contributed by atoms with van der Waals surface area (Å²) >= 11 is 0. The van der Waals surface area contributed by atoms with E-state index in [9.17, 15) is 4.79 Å². The minimum atomic E-state index is 0.0986. The van der Waals surface area contributed by atoms with E-state index >= 15 is 0 Å². The van der Waals surface area contributed by atoms with Crippen LogP contribution in [0.5, 0.6) is 0 Å². The molecular weight excluding hydrogens is 258 g/mol. The Morgan fingerprint density at radius 2 is 1.67 bits per heavy atom. The number of rotatable bonds is 2. The molecule has 21 heavy (non-hydrogen) atoms. The number of benzene rings is 3. The average Bonchev–Trinajstić information content (AvgIpc) is 3.01. The molecule has 1 N–H and O–H groups in total. The van der Waals surface area contributed by atoms with Gasteiger partial charge >= 0.3 is 0 Å². The number of carbonyl (C=O) groups excluding carboxylic acids is 1. The van der Waals surface area contributed by atoms with Crippen molar-refractivity contribution in [3.8, 4) is 0 Å². The molecule has 0 fully saturated rings. The van der Waals surface area contributed by atoms with Gasteiger partial charge in [0, 0.05) is 24.2 Å². The quantitative estimate of drug-likeness (QED) is 0.722. The van der Waals surface area contributed by atoms with Crippen LogP contribution < -0.4 is 5.32 Å². The molecular formula is C19H15NO. The van der Waals surface area contributed by atoms with Crippen LogP contribution in [0.15, 0.2) is 60.7 Å². The topological polar surface area (TPSA) is 29.1 Å². The molecule has 0 aliphatic carbocycles. The molecule has 1 aliphatic rings. The van der Waals surface area contributed by atoms with E-state index in [0.29, 0.717) is 0 Å². The van der Waals surface area contributed by atoms with E-state index in [1.165, 1.54) is 11.1 Å². The van der Waals surface area contributed by atoms with Crippen molar-refractivity contribution < 1.29 is 4.79 Å². The molecule has 0 aromatic heterocycles. The van der Waals surface area contributed by atoms with E-state index in [-0.39, 0.29) is 5.78 Å². The van der Waals surface area contributed by atoms with E-state index in [2.05, 4.69) is 11.4 Å². The summed E-state index contributed by atoms with van der Waals surface area (Å²) in [4.78, 5) is 12.8. The second-order valence-electron chi connectivity index (χ2n) is 5.44. The zero-order valence-electron chi connectivity index (χ0n) is 11.6. The van der Waals surface area contributed by atoms with Gasteiger partial charge in [0.15, 0.2) is 5.78 Å². The molecule has 1 aliphatic heterocycles. The lowest BCUT2D eigenvalue weighted by atomic mass is 9.95. The van der Waals surface area contributed by atoms with Gasteiger partial charge in [0.25, 0.3) is 0 Å². The molecule has 4 rings (SSSR count). The van der Waals surface area contributed by atoms with Gasteiger partial charge in [-0.2, -0.15) is 0 Å². The van der Waals surface area contributed by atoms with Gasteiger partial charge in [-0.25, -0.2) is 0 Å². The lowest BCUT2D eigenvalue weighted by molar-refractivity contribution is 0.104. The van der Waals surface area contributed by atoms with Crippen molar-refractivity contribution in [2.75, 3.05) is 0 Å². The van der Waals surface area contributed by atoms with Crippen LogP contribution in [0.2, 0.25) is 0 Å².